The van der Waals surface area contributed by atoms with Crippen molar-refractivity contribution >= 4 is 17.5 Å². The fraction of sp³-hybridized carbons (Fsp3) is 0.500. The van der Waals surface area contributed by atoms with Gasteiger partial charge in [0.25, 0.3) is 0 Å². The molecule has 0 aliphatic rings. The molecule has 1 rings (SSSR count). The summed E-state index contributed by atoms with van der Waals surface area (Å²) in [7, 11) is 3.91. The second kappa shape index (κ2) is 7.89. The fourth-order valence-corrected chi connectivity index (χ4v) is 1.77. The van der Waals surface area contributed by atoms with Crippen LogP contribution in [0.4, 0.5) is 10.1 Å². The van der Waals surface area contributed by atoms with Crippen LogP contribution in [0.15, 0.2) is 24.3 Å². The predicted octanol–water partition coefficient (Wildman–Crippen LogP) is 1.86. The SMILES string of the molecule is CN(C)CCCNC(=O)C(C)(C)C(=O)Nc1cccc(F)c1. The van der Waals surface area contributed by atoms with Gasteiger partial charge >= 0.3 is 0 Å². The highest BCUT2D eigenvalue weighted by atomic mass is 19.1. The van der Waals surface area contributed by atoms with E-state index in [4.69, 9.17) is 0 Å². The van der Waals surface area contributed by atoms with E-state index in [1.165, 1.54) is 18.2 Å². The molecule has 2 N–H and O–H groups in total. The van der Waals surface area contributed by atoms with Gasteiger partial charge in [-0.3, -0.25) is 9.59 Å². The summed E-state index contributed by atoms with van der Waals surface area (Å²) in [6.45, 7) is 4.45. The number of rotatable bonds is 7. The van der Waals surface area contributed by atoms with Crippen LogP contribution in [0, 0.1) is 11.2 Å². The monoisotopic (exact) mass is 309 g/mol. The summed E-state index contributed by atoms with van der Waals surface area (Å²) in [5.41, 5.74) is -0.900. The molecule has 0 aliphatic heterocycles. The molecule has 0 saturated heterocycles. The Morgan fingerprint density at radius 3 is 2.50 bits per heavy atom. The van der Waals surface area contributed by atoms with Crippen LogP contribution in [-0.2, 0) is 9.59 Å². The van der Waals surface area contributed by atoms with Crippen LogP contribution >= 0.6 is 0 Å². The molecule has 0 bridgehead atoms. The molecule has 0 saturated carbocycles. The molecule has 0 spiro atoms. The molecule has 1 aromatic rings. The van der Waals surface area contributed by atoms with E-state index in [1.807, 2.05) is 19.0 Å². The molecule has 0 aliphatic carbocycles. The van der Waals surface area contributed by atoms with Crippen LogP contribution in [0.1, 0.15) is 20.3 Å². The molecule has 122 valence electrons. The van der Waals surface area contributed by atoms with E-state index < -0.39 is 17.1 Å². The maximum absolute atomic E-state index is 13.1. The van der Waals surface area contributed by atoms with Crippen molar-refractivity contribution in [3.8, 4) is 0 Å². The first-order chi connectivity index (χ1) is 10.2. The van der Waals surface area contributed by atoms with Gasteiger partial charge in [-0.25, -0.2) is 4.39 Å². The molecule has 2 amide bonds. The third-order valence-corrected chi connectivity index (χ3v) is 3.29. The topological polar surface area (TPSA) is 61.4 Å². The van der Waals surface area contributed by atoms with Crippen molar-refractivity contribution < 1.29 is 14.0 Å². The lowest BCUT2D eigenvalue weighted by atomic mass is 9.91. The van der Waals surface area contributed by atoms with E-state index in [9.17, 15) is 14.0 Å². The third kappa shape index (κ3) is 5.44. The summed E-state index contributed by atoms with van der Waals surface area (Å²) in [6.07, 6.45) is 0.806. The van der Waals surface area contributed by atoms with Crippen LogP contribution in [0.25, 0.3) is 0 Å². The van der Waals surface area contributed by atoms with Crippen molar-refractivity contribution in [2.45, 2.75) is 20.3 Å². The zero-order chi connectivity index (χ0) is 16.8. The molecule has 6 heteroatoms. The minimum Gasteiger partial charge on any atom is -0.355 e. The number of hydrogen-bond acceptors (Lipinski definition) is 3. The van der Waals surface area contributed by atoms with Gasteiger partial charge in [-0.05, 0) is 59.1 Å². The number of carbonyl (C=O) groups is 2. The summed E-state index contributed by atoms with van der Waals surface area (Å²) in [5.74, 6) is -1.26. The zero-order valence-corrected chi connectivity index (χ0v) is 13.6. The normalized spacial score (nSPS) is 11.4. The smallest absolute Gasteiger partial charge is 0.239 e. The van der Waals surface area contributed by atoms with E-state index in [-0.39, 0.29) is 5.91 Å². The van der Waals surface area contributed by atoms with Crippen LogP contribution in [0.3, 0.4) is 0 Å². The third-order valence-electron chi connectivity index (χ3n) is 3.29. The molecular formula is C16H24FN3O2. The Kier molecular flexibility index (Phi) is 6.49. The van der Waals surface area contributed by atoms with Gasteiger partial charge in [-0.15, -0.1) is 0 Å². The average Bonchev–Trinajstić information content (AvgIpc) is 2.43. The Morgan fingerprint density at radius 1 is 1.23 bits per heavy atom. The molecule has 0 radical (unpaired) electrons. The summed E-state index contributed by atoms with van der Waals surface area (Å²) in [6, 6.07) is 5.58. The number of amides is 2. The number of anilines is 1. The lowest BCUT2D eigenvalue weighted by Gasteiger charge is -2.23. The highest BCUT2D eigenvalue weighted by molar-refractivity contribution is 6.09. The highest BCUT2D eigenvalue weighted by Gasteiger charge is 2.35. The Bertz CT molecular complexity index is 530. The van der Waals surface area contributed by atoms with Gasteiger partial charge < -0.3 is 15.5 Å². The number of hydrogen-bond donors (Lipinski definition) is 2. The van der Waals surface area contributed by atoms with Crippen LogP contribution in [0.5, 0.6) is 0 Å². The van der Waals surface area contributed by atoms with Crippen molar-refractivity contribution in [3.63, 3.8) is 0 Å². The van der Waals surface area contributed by atoms with Crippen LogP contribution < -0.4 is 10.6 Å². The maximum atomic E-state index is 13.1. The van der Waals surface area contributed by atoms with Crippen LogP contribution in [-0.4, -0.2) is 43.9 Å². The first-order valence-electron chi connectivity index (χ1n) is 7.23. The molecule has 0 atom stereocenters. The van der Waals surface area contributed by atoms with Gasteiger partial charge in [0.05, 0.1) is 0 Å². The van der Waals surface area contributed by atoms with Crippen molar-refractivity contribution in [2.75, 3.05) is 32.5 Å². The molecule has 22 heavy (non-hydrogen) atoms. The standard InChI is InChI=1S/C16H24FN3O2/c1-16(2,14(21)18-9-6-10-20(3)4)15(22)19-13-8-5-7-12(17)11-13/h5,7-8,11H,6,9-10H2,1-4H3,(H,18,21)(H,19,22). The zero-order valence-electron chi connectivity index (χ0n) is 13.6. The summed E-state index contributed by atoms with van der Waals surface area (Å²) in [4.78, 5) is 26.4. The molecular weight excluding hydrogens is 285 g/mol. The number of halogens is 1. The molecule has 0 unspecified atom stereocenters. The number of nitrogens with one attached hydrogen (secondary N) is 2. The second-order valence-corrected chi connectivity index (χ2v) is 6.00. The van der Waals surface area contributed by atoms with Gasteiger partial charge in [-0.2, -0.15) is 0 Å². The molecule has 0 heterocycles. The van der Waals surface area contributed by atoms with E-state index in [2.05, 4.69) is 10.6 Å². The first-order valence-corrected chi connectivity index (χ1v) is 7.23. The van der Waals surface area contributed by atoms with E-state index >= 15 is 0 Å². The fourth-order valence-electron chi connectivity index (χ4n) is 1.77. The van der Waals surface area contributed by atoms with Crippen molar-refractivity contribution in [1.29, 1.82) is 0 Å². The number of benzene rings is 1. The summed E-state index contributed by atoms with van der Waals surface area (Å²) >= 11 is 0. The van der Waals surface area contributed by atoms with Crippen molar-refractivity contribution in [1.82, 2.24) is 10.2 Å². The van der Waals surface area contributed by atoms with Gasteiger partial charge in [0.1, 0.15) is 11.2 Å². The summed E-state index contributed by atoms with van der Waals surface area (Å²) in [5, 5.41) is 5.32. The van der Waals surface area contributed by atoms with Crippen LogP contribution in [0.2, 0.25) is 0 Å². The number of carbonyl (C=O) groups excluding carboxylic acids is 2. The number of nitrogens with zero attached hydrogens (tertiary/aromatic N) is 1. The van der Waals surface area contributed by atoms with Crippen molar-refractivity contribution in [2.24, 2.45) is 5.41 Å². The lowest BCUT2D eigenvalue weighted by Crippen LogP contribution is -2.45. The average molecular weight is 309 g/mol. The van der Waals surface area contributed by atoms with Crippen molar-refractivity contribution in [3.05, 3.63) is 30.1 Å². The van der Waals surface area contributed by atoms with Gasteiger partial charge in [-0.1, -0.05) is 6.07 Å². The summed E-state index contributed by atoms with van der Waals surface area (Å²) < 4.78 is 13.1. The molecule has 0 aromatic heterocycles. The minimum atomic E-state index is -1.23. The van der Waals surface area contributed by atoms with E-state index in [0.29, 0.717) is 12.2 Å². The molecule has 1 aromatic carbocycles. The van der Waals surface area contributed by atoms with Gasteiger partial charge in [0, 0.05) is 12.2 Å². The Balaban J connectivity index is 2.56. The van der Waals surface area contributed by atoms with Gasteiger partial charge in [0.2, 0.25) is 11.8 Å². The Labute approximate surface area is 130 Å². The Morgan fingerprint density at radius 2 is 1.91 bits per heavy atom. The molecule has 0 fully saturated rings. The maximum Gasteiger partial charge on any atom is 0.239 e. The predicted molar refractivity (Wildman–Crippen MR) is 85.0 cm³/mol. The molecule has 5 nitrogen and oxygen atoms in total. The van der Waals surface area contributed by atoms with E-state index in [0.717, 1.165) is 13.0 Å². The highest BCUT2D eigenvalue weighted by Crippen LogP contribution is 2.19. The quantitative estimate of drug-likeness (QED) is 0.597. The minimum absolute atomic E-state index is 0.332. The van der Waals surface area contributed by atoms with Gasteiger partial charge in [0.15, 0.2) is 0 Å². The lowest BCUT2D eigenvalue weighted by molar-refractivity contribution is -0.138. The largest absolute Gasteiger partial charge is 0.355 e. The van der Waals surface area contributed by atoms with E-state index in [1.54, 1.807) is 19.9 Å². The Hall–Kier alpha value is -1.95. The first kappa shape index (κ1) is 18.1. The second-order valence-electron chi connectivity index (χ2n) is 6.00.